The zero-order valence-electron chi connectivity index (χ0n) is 14.0. The van der Waals surface area contributed by atoms with Crippen molar-refractivity contribution in [1.29, 1.82) is 0 Å². The van der Waals surface area contributed by atoms with Crippen LogP contribution in [0.25, 0.3) is 0 Å². The Morgan fingerprint density at radius 2 is 1.91 bits per heavy atom. The Morgan fingerprint density at radius 1 is 1.14 bits per heavy atom. The number of fused-ring (bicyclic) bond motifs is 2. The molecule has 4 rings (SSSR count). The molecule has 1 spiro atoms. The fraction of sp³-hybridized carbons (Fsp3) is 0.550. The summed E-state index contributed by atoms with van der Waals surface area (Å²) < 4.78 is 5.51. The number of ether oxygens (including phenoxy) is 1. The monoisotopic (exact) mass is 296 g/mol. The Morgan fingerprint density at radius 3 is 2.64 bits per heavy atom. The van der Waals surface area contributed by atoms with Crippen molar-refractivity contribution in [3.05, 3.63) is 40.0 Å². The topological polar surface area (TPSA) is 26.3 Å². The maximum atomic E-state index is 12.4. The minimum absolute atomic E-state index is 0.0994. The molecule has 3 aliphatic rings. The summed E-state index contributed by atoms with van der Waals surface area (Å²) in [6.45, 7) is 6.62. The third kappa shape index (κ3) is 1.39. The van der Waals surface area contributed by atoms with Crippen molar-refractivity contribution < 1.29 is 9.53 Å². The number of benzene rings is 1. The Balaban J connectivity index is 1.94. The van der Waals surface area contributed by atoms with E-state index in [-0.39, 0.29) is 10.8 Å². The number of carbonyl (C=O) groups is 1. The highest BCUT2D eigenvalue weighted by atomic mass is 16.5. The Hall–Kier alpha value is -1.57. The van der Waals surface area contributed by atoms with E-state index < -0.39 is 0 Å². The van der Waals surface area contributed by atoms with Gasteiger partial charge in [0.1, 0.15) is 5.75 Å². The zero-order valence-corrected chi connectivity index (χ0v) is 14.0. The molecule has 2 heteroatoms. The highest BCUT2D eigenvalue weighted by Crippen LogP contribution is 2.67. The van der Waals surface area contributed by atoms with Crippen molar-refractivity contribution in [2.75, 3.05) is 7.11 Å². The smallest absolute Gasteiger partial charge is 0.159 e. The Bertz CT molecular complexity index is 727. The molecule has 22 heavy (non-hydrogen) atoms. The molecule has 1 aromatic rings. The van der Waals surface area contributed by atoms with Gasteiger partial charge in [-0.1, -0.05) is 18.6 Å². The fourth-order valence-electron chi connectivity index (χ4n) is 5.65. The maximum Gasteiger partial charge on any atom is 0.159 e. The molecule has 0 saturated heterocycles. The molecular weight excluding hydrogens is 272 g/mol. The second kappa shape index (κ2) is 4.24. The molecule has 0 radical (unpaired) electrons. The van der Waals surface area contributed by atoms with Crippen LogP contribution in [0.3, 0.4) is 0 Å². The molecule has 1 aromatic carbocycles. The van der Waals surface area contributed by atoms with Crippen molar-refractivity contribution in [2.24, 2.45) is 5.41 Å². The van der Waals surface area contributed by atoms with Gasteiger partial charge in [-0.05, 0) is 67.9 Å². The molecule has 3 aliphatic carbocycles. The molecule has 2 nitrogen and oxygen atoms in total. The number of rotatable bonds is 1. The average Bonchev–Trinajstić information content (AvgIpc) is 2.93. The normalized spacial score (nSPS) is 32.8. The van der Waals surface area contributed by atoms with Crippen molar-refractivity contribution in [1.82, 2.24) is 0 Å². The quantitative estimate of drug-likeness (QED) is 0.773. The van der Waals surface area contributed by atoms with Crippen LogP contribution in [0.4, 0.5) is 0 Å². The van der Waals surface area contributed by atoms with E-state index in [1.54, 1.807) is 7.11 Å². The molecule has 0 heterocycles. The SMILES string of the molecule is COc1ccc2c(c1C)CC[C@]13CC(=O)C(C)=C1CC[C@]23C. The van der Waals surface area contributed by atoms with Crippen LogP contribution in [-0.2, 0) is 16.6 Å². The predicted octanol–water partition coefficient (Wildman–Crippen LogP) is 4.28. The van der Waals surface area contributed by atoms with E-state index in [0.29, 0.717) is 5.78 Å². The van der Waals surface area contributed by atoms with Crippen molar-refractivity contribution in [3.8, 4) is 5.75 Å². The average molecular weight is 296 g/mol. The first-order valence-corrected chi connectivity index (χ1v) is 8.35. The molecular formula is C20H24O2. The standard InChI is InChI=1S/C20H24O2/c1-12-14-7-10-20-11-17(21)13(2)15(20)8-9-19(20,3)16(14)5-6-18(12)22-4/h5-6H,7-11H2,1-4H3/t19-,20+/m1/s1. The first kappa shape index (κ1) is 14.0. The first-order chi connectivity index (χ1) is 10.4. The lowest BCUT2D eigenvalue weighted by Gasteiger charge is -2.48. The number of carbonyl (C=O) groups excluding carboxylic acids is 1. The minimum Gasteiger partial charge on any atom is -0.496 e. The van der Waals surface area contributed by atoms with Crippen LogP contribution in [0, 0.1) is 12.3 Å². The third-order valence-electron chi connectivity index (χ3n) is 7.01. The van der Waals surface area contributed by atoms with Crippen LogP contribution in [0.5, 0.6) is 5.75 Å². The third-order valence-corrected chi connectivity index (χ3v) is 7.01. The van der Waals surface area contributed by atoms with Crippen LogP contribution in [-0.4, -0.2) is 12.9 Å². The summed E-state index contributed by atoms with van der Waals surface area (Å²) in [6, 6.07) is 4.38. The number of allylic oxidation sites excluding steroid dienone is 2. The van der Waals surface area contributed by atoms with E-state index in [9.17, 15) is 4.79 Å². The van der Waals surface area contributed by atoms with Gasteiger partial charge in [0.15, 0.2) is 5.78 Å². The second-order valence-electron chi connectivity index (χ2n) is 7.54. The summed E-state index contributed by atoms with van der Waals surface area (Å²) in [4.78, 5) is 12.4. The van der Waals surface area contributed by atoms with Crippen molar-refractivity contribution >= 4 is 5.78 Å². The second-order valence-corrected chi connectivity index (χ2v) is 7.54. The number of hydrogen-bond donors (Lipinski definition) is 0. The summed E-state index contributed by atoms with van der Waals surface area (Å²) in [5.74, 6) is 1.38. The molecule has 2 atom stereocenters. The van der Waals surface area contributed by atoms with Gasteiger partial charge in [-0.3, -0.25) is 4.79 Å². The summed E-state index contributed by atoms with van der Waals surface area (Å²) in [5, 5.41) is 0. The van der Waals surface area contributed by atoms with Crippen LogP contribution >= 0.6 is 0 Å². The fourth-order valence-corrected chi connectivity index (χ4v) is 5.65. The molecule has 1 fully saturated rings. The van der Waals surface area contributed by atoms with Gasteiger partial charge in [-0.25, -0.2) is 0 Å². The van der Waals surface area contributed by atoms with Gasteiger partial charge in [0, 0.05) is 17.3 Å². The molecule has 0 N–H and O–H groups in total. The lowest BCUT2D eigenvalue weighted by molar-refractivity contribution is -0.116. The van der Waals surface area contributed by atoms with Gasteiger partial charge in [-0.15, -0.1) is 0 Å². The number of hydrogen-bond acceptors (Lipinski definition) is 2. The van der Waals surface area contributed by atoms with Crippen LogP contribution in [0.1, 0.15) is 56.2 Å². The van der Waals surface area contributed by atoms with Gasteiger partial charge in [0.05, 0.1) is 7.11 Å². The highest BCUT2D eigenvalue weighted by Gasteiger charge is 2.61. The number of ketones is 1. The molecule has 0 bridgehead atoms. The summed E-state index contributed by atoms with van der Waals surface area (Å²) in [5.41, 5.74) is 6.97. The summed E-state index contributed by atoms with van der Waals surface area (Å²) in [6.07, 6.45) is 5.18. The van der Waals surface area contributed by atoms with Crippen LogP contribution in [0.15, 0.2) is 23.3 Å². The van der Waals surface area contributed by atoms with Gasteiger partial charge >= 0.3 is 0 Å². The number of Topliss-reactive ketones (excluding diaryl/α,β-unsaturated/α-hetero) is 1. The van der Waals surface area contributed by atoms with Crippen molar-refractivity contribution in [3.63, 3.8) is 0 Å². The van der Waals surface area contributed by atoms with Crippen LogP contribution < -0.4 is 4.74 Å². The molecule has 0 aromatic heterocycles. The maximum absolute atomic E-state index is 12.4. The number of methoxy groups -OCH3 is 1. The van der Waals surface area contributed by atoms with Gasteiger partial charge in [0.2, 0.25) is 0 Å². The highest BCUT2D eigenvalue weighted by molar-refractivity contribution is 6.00. The van der Waals surface area contributed by atoms with Gasteiger partial charge in [-0.2, -0.15) is 0 Å². The van der Waals surface area contributed by atoms with E-state index in [1.165, 1.54) is 28.7 Å². The van der Waals surface area contributed by atoms with Crippen molar-refractivity contribution in [2.45, 2.75) is 58.3 Å². The van der Waals surface area contributed by atoms with E-state index in [1.807, 2.05) is 6.92 Å². The predicted molar refractivity (Wildman–Crippen MR) is 87.4 cm³/mol. The minimum atomic E-state index is 0.0994. The molecule has 0 aliphatic heterocycles. The lowest BCUT2D eigenvalue weighted by atomic mass is 9.55. The molecule has 1 saturated carbocycles. The first-order valence-electron chi connectivity index (χ1n) is 8.35. The largest absolute Gasteiger partial charge is 0.496 e. The van der Waals surface area contributed by atoms with E-state index in [2.05, 4.69) is 26.0 Å². The lowest BCUT2D eigenvalue weighted by Crippen LogP contribution is -2.43. The van der Waals surface area contributed by atoms with E-state index >= 15 is 0 Å². The molecule has 116 valence electrons. The summed E-state index contributed by atoms with van der Waals surface area (Å²) in [7, 11) is 1.75. The zero-order chi connectivity index (χ0) is 15.7. The Kier molecular flexibility index (Phi) is 2.71. The van der Waals surface area contributed by atoms with Gasteiger partial charge < -0.3 is 4.74 Å². The van der Waals surface area contributed by atoms with E-state index in [0.717, 1.165) is 37.0 Å². The summed E-state index contributed by atoms with van der Waals surface area (Å²) >= 11 is 0. The van der Waals surface area contributed by atoms with E-state index in [4.69, 9.17) is 4.74 Å². The molecule has 0 amide bonds. The van der Waals surface area contributed by atoms with Gasteiger partial charge in [0.25, 0.3) is 0 Å². The molecule has 0 unspecified atom stereocenters. The Labute approximate surface area is 132 Å². The van der Waals surface area contributed by atoms with Crippen LogP contribution in [0.2, 0.25) is 0 Å².